The molecule has 0 aliphatic carbocycles. The number of nitrogen functional groups attached to an aromatic ring is 1. The van der Waals surface area contributed by atoms with E-state index in [1.807, 2.05) is 42.6 Å². The van der Waals surface area contributed by atoms with Crippen LogP contribution in [-0.2, 0) is 13.0 Å². The second-order valence-corrected chi connectivity index (χ2v) is 6.77. The number of nitrogens with zero attached hydrogens (tertiary/aromatic N) is 3. The molecule has 2 aromatic carbocycles. The summed E-state index contributed by atoms with van der Waals surface area (Å²) in [4.78, 5) is 4.13. The normalized spacial score (nSPS) is 12.4. The van der Waals surface area contributed by atoms with E-state index in [1.54, 1.807) is 4.52 Å². The van der Waals surface area contributed by atoms with E-state index in [-0.39, 0.29) is 5.95 Å². The van der Waals surface area contributed by atoms with E-state index in [1.165, 1.54) is 5.56 Å². The van der Waals surface area contributed by atoms with E-state index in [0.29, 0.717) is 12.2 Å². The first kappa shape index (κ1) is 18.2. The van der Waals surface area contributed by atoms with E-state index in [9.17, 15) is 5.11 Å². The molecular formula is C22H23N5O. The highest BCUT2D eigenvalue weighted by atomic mass is 16.3. The van der Waals surface area contributed by atoms with Gasteiger partial charge in [-0.2, -0.15) is 4.98 Å². The van der Waals surface area contributed by atoms with E-state index in [4.69, 9.17) is 5.73 Å². The van der Waals surface area contributed by atoms with Gasteiger partial charge in [-0.3, -0.25) is 5.32 Å². The first-order valence-corrected chi connectivity index (χ1v) is 9.34. The van der Waals surface area contributed by atoms with Crippen LogP contribution < -0.4 is 11.1 Å². The number of nitrogens with two attached hydrogens (primary N) is 1. The number of aromatic nitrogens is 3. The number of hydrogen-bond donors (Lipinski definition) is 3. The van der Waals surface area contributed by atoms with Crippen molar-refractivity contribution in [2.24, 2.45) is 0 Å². The van der Waals surface area contributed by atoms with Crippen LogP contribution >= 0.6 is 0 Å². The Morgan fingerprint density at radius 2 is 1.64 bits per heavy atom. The van der Waals surface area contributed by atoms with Gasteiger partial charge in [0.2, 0.25) is 5.95 Å². The molecule has 2 aromatic heterocycles. The summed E-state index contributed by atoms with van der Waals surface area (Å²) in [6.07, 6.45) is 2.19. The third-order valence-electron chi connectivity index (χ3n) is 4.84. The number of aryl methyl sites for hydroxylation is 1. The number of benzene rings is 2. The average molecular weight is 373 g/mol. The Balaban J connectivity index is 1.43. The number of rotatable bonds is 6. The molecule has 28 heavy (non-hydrogen) atoms. The molecule has 4 N–H and O–H groups in total. The zero-order chi connectivity index (χ0) is 19.5. The summed E-state index contributed by atoms with van der Waals surface area (Å²) in [6, 6.07) is 20.1. The summed E-state index contributed by atoms with van der Waals surface area (Å²) >= 11 is 0. The molecule has 0 spiro atoms. The summed E-state index contributed by atoms with van der Waals surface area (Å²) in [6.45, 7) is 2.75. The van der Waals surface area contributed by atoms with Gasteiger partial charge in [0.15, 0.2) is 5.65 Å². The van der Waals surface area contributed by atoms with Crippen LogP contribution in [0.25, 0.3) is 16.8 Å². The van der Waals surface area contributed by atoms with Crippen molar-refractivity contribution in [3.05, 3.63) is 83.6 Å². The van der Waals surface area contributed by atoms with Crippen molar-refractivity contribution in [2.75, 3.05) is 5.73 Å². The maximum atomic E-state index is 10.4. The highest BCUT2D eigenvalue weighted by Gasteiger charge is 2.08. The molecule has 0 bridgehead atoms. The topological polar surface area (TPSA) is 88.5 Å². The Labute approximate surface area is 163 Å². The number of aliphatic hydroxyl groups is 1. The number of nitrogens with one attached hydrogen (secondary N) is 1. The molecule has 4 rings (SSSR count). The molecule has 1 unspecified atom stereocenters. The summed E-state index contributed by atoms with van der Waals surface area (Å²) in [5.74, 6) is 0.256. The SMILES string of the molecule is CCc1ccc(CNC(O)c2ccc(-c3ccc4nc(N)nn4c3)cc2)cc1. The van der Waals surface area contributed by atoms with Crippen molar-refractivity contribution < 1.29 is 5.11 Å². The smallest absolute Gasteiger partial charge is 0.240 e. The van der Waals surface area contributed by atoms with Gasteiger partial charge < -0.3 is 10.8 Å². The van der Waals surface area contributed by atoms with Crippen LogP contribution in [0.1, 0.15) is 29.8 Å². The van der Waals surface area contributed by atoms with Crippen LogP contribution in [0.5, 0.6) is 0 Å². The van der Waals surface area contributed by atoms with Crippen molar-refractivity contribution in [3.63, 3.8) is 0 Å². The standard InChI is InChI=1S/C22H23N5O/c1-2-15-3-5-16(6-4-15)13-24-21(28)18-9-7-17(8-10-18)19-11-12-20-25-22(23)26-27(20)14-19/h3-12,14,21,24,28H,2,13H2,1H3,(H2,23,26). The molecule has 0 aliphatic heterocycles. The summed E-state index contributed by atoms with van der Waals surface area (Å²) in [5, 5.41) is 17.7. The second kappa shape index (κ2) is 7.80. The minimum absolute atomic E-state index is 0.256. The van der Waals surface area contributed by atoms with Gasteiger partial charge >= 0.3 is 0 Å². The predicted octanol–water partition coefficient (Wildman–Crippen LogP) is 3.32. The van der Waals surface area contributed by atoms with Crippen LogP contribution in [-0.4, -0.2) is 19.7 Å². The van der Waals surface area contributed by atoms with Crippen LogP contribution in [0.4, 0.5) is 5.95 Å². The maximum absolute atomic E-state index is 10.4. The third kappa shape index (κ3) is 3.88. The molecule has 2 heterocycles. The summed E-state index contributed by atoms with van der Waals surface area (Å²) < 4.78 is 1.67. The summed E-state index contributed by atoms with van der Waals surface area (Å²) in [7, 11) is 0. The fourth-order valence-electron chi connectivity index (χ4n) is 3.15. The predicted molar refractivity (Wildman–Crippen MR) is 110 cm³/mol. The van der Waals surface area contributed by atoms with E-state index in [2.05, 4.69) is 46.6 Å². The monoisotopic (exact) mass is 373 g/mol. The fraction of sp³-hybridized carbons (Fsp3) is 0.182. The second-order valence-electron chi connectivity index (χ2n) is 6.77. The van der Waals surface area contributed by atoms with E-state index < -0.39 is 6.23 Å². The lowest BCUT2D eigenvalue weighted by molar-refractivity contribution is 0.137. The molecule has 142 valence electrons. The Morgan fingerprint density at radius 3 is 2.36 bits per heavy atom. The lowest BCUT2D eigenvalue weighted by Crippen LogP contribution is -2.20. The molecule has 6 heteroatoms. The first-order valence-electron chi connectivity index (χ1n) is 9.34. The Kier molecular flexibility index (Phi) is 5.06. The van der Waals surface area contributed by atoms with Crippen molar-refractivity contribution in [1.82, 2.24) is 19.9 Å². The molecule has 6 nitrogen and oxygen atoms in total. The highest BCUT2D eigenvalue weighted by Crippen LogP contribution is 2.22. The first-order chi connectivity index (χ1) is 13.6. The van der Waals surface area contributed by atoms with Gasteiger partial charge in [-0.25, -0.2) is 4.52 Å². The molecule has 4 aromatic rings. The third-order valence-corrected chi connectivity index (χ3v) is 4.84. The number of fused-ring (bicyclic) bond motifs is 1. The van der Waals surface area contributed by atoms with Gasteiger partial charge in [0, 0.05) is 18.3 Å². The van der Waals surface area contributed by atoms with Crippen molar-refractivity contribution >= 4 is 11.6 Å². The largest absolute Gasteiger partial charge is 0.374 e. The number of pyridine rings is 1. The minimum atomic E-state index is -0.725. The average Bonchev–Trinajstić information content (AvgIpc) is 3.11. The Morgan fingerprint density at radius 1 is 0.964 bits per heavy atom. The summed E-state index contributed by atoms with van der Waals surface area (Å²) in [5.41, 5.74) is 11.7. The van der Waals surface area contributed by atoms with Gasteiger partial charge in [-0.15, -0.1) is 5.10 Å². The van der Waals surface area contributed by atoms with Crippen LogP contribution in [0, 0.1) is 0 Å². The van der Waals surface area contributed by atoms with Crippen LogP contribution in [0.3, 0.4) is 0 Å². The lowest BCUT2D eigenvalue weighted by atomic mass is 10.0. The zero-order valence-electron chi connectivity index (χ0n) is 15.7. The molecule has 0 fully saturated rings. The Bertz CT molecular complexity index is 1070. The van der Waals surface area contributed by atoms with E-state index in [0.717, 1.165) is 28.7 Å². The molecule has 0 aliphatic rings. The number of hydrogen-bond acceptors (Lipinski definition) is 5. The molecule has 0 saturated heterocycles. The molecule has 1 atom stereocenters. The van der Waals surface area contributed by atoms with Gasteiger partial charge in [0.05, 0.1) is 0 Å². The van der Waals surface area contributed by atoms with Gasteiger partial charge in [-0.1, -0.05) is 55.5 Å². The van der Waals surface area contributed by atoms with Crippen molar-refractivity contribution in [2.45, 2.75) is 26.1 Å². The fourth-order valence-corrected chi connectivity index (χ4v) is 3.15. The zero-order valence-corrected chi connectivity index (χ0v) is 15.7. The van der Waals surface area contributed by atoms with E-state index >= 15 is 0 Å². The number of aliphatic hydroxyl groups excluding tert-OH is 1. The number of anilines is 1. The minimum Gasteiger partial charge on any atom is -0.374 e. The lowest BCUT2D eigenvalue weighted by Gasteiger charge is -2.14. The molecule has 0 radical (unpaired) electrons. The van der Waals surface area contributed by atoms with Crippen molar-refractivity contribution in [3.8, 4) is 11.1 Å². The Hall–Kier alpha value is -3.22. The van der Waals surface area contributed by atoms with Gasteiger partial charge in [-0.05, 0) is 40.8 Å². The quantitative estimate of drug-likeness (QED) is 0.451. The van der Waals surface area contributed by atoms with Gasteiger partial charge in [0.1, 0.15) is 6.23 Å². The van der Waals surface area contributed by atoms with Crippen LogP contribution in [0.2, 0.25) is 0 Å². The van der Waals surface area contributed by atoms with Gasteiger partial charge in [0.25, 0.3) is 0 Å². The maximum Gasteiger partial charge on any atom is 0.240 e. The van der Waals surface area contributed by atoms with Crippen molar-refractivity contribution in [1.29, 1.82) is 0 Å². The molecule has 0 amide bonds. The highest BCUT2D eigenvalue weighted by molar-refractivity contribution is 5.65. The van der Waals surface area contributed by atoms with Crippen LogP contribution in [0.15, 0.2) is 66.9 Å². The molecular weight excluding hydrogens is 350 g/mol. The molecule has 0 saturated carbocycles.